The Morgan fingerprint density at radius 2 is 2.14 bits per heavy atom. The number of hydrogen-bond acceptors (Lipinski definition) is 5. The second-order valence-corrected chi connectivity index (χ2v) is 7.47. The van der Waals surface area contributed by atoms with E-state index in [0.717, 1.165) is 0 Å². The van der Waals surface area contributed by atoms with Gasteiger partial charge in [0.1, 0.15) is 12.1 Å². The van der Waals surface area contributed by atoms with Gasteiger partial charge in [-0.1, -0.05) is 0 Å². The molecule has 1 saturated carbocycles. The van der Waals surface area contributed by atoms with Gasteiger partial charge in [0.05, 0.1) is 11.3 Å². The number of aryl methyl sites for hydroxylation is 1. The third-order valence-corrected chi connectivity index (χ3v) is 5.37. The van der Waals surface area contributed by atoms with Crippen molar-refractivity contribution in [3.05, 3.63) is 39.8 Å². The summed E-state index contributed by atoms with van der Waals surface area (Å²) in [4.78, 5) is 16.8. The molecule has 0 aromatic carbocycles. The summed E-state index contributed by atoms with van der Waals surface area (Å²) >= 11 is 1.37. The largest absolute Gasteiger partial charge is 0.408 e. The van der Waals surface area contributed by atoms with Crippen molar-refractivity contribution in [2.24, 2.45) is 5.92 Å². The molecule has 0 radical (unpaired) electrons. The fraction of sp³-hybridized carbons (Fsp3) is 0.333. The van der Waals surface area contributed by atoms with Crippen molar-refractivity contribution < 1.29 is 18.0 Å². The predicted octanol–water partition coefficient (Wildman–Crippen LogP) is 3.71. The number of aromatic nitrogens is 3. The average molecular weight is 405 g/mol. The van der Waals surface area contributed by atoms with Crippen molar-refractivity contribution in [2.75, 3.05) is 0 Å². The van der Waals surface area contributed by atoms with Gasteiger partial charge in [0.2, 0.25) is 0 Å². The van der Waals surface area contributed by atoms with Gasteiger partial charge in [-0.3, -0.25) is 4.79 Å². The molecule has 144 valence electrons. The molecule has 0 aliphatic heterocycles. The lowest BCUT2D eigenvalue weighted by molar-refractivity contribution is -0.158. The minimum absolute atomic E-state index is 0.131. The van der Waals surface area contributed by atoms with Crippen LogP contribution in [0.15, 0.2) is 22.9 Å². The maximum absolute atomic E-state index is 13.2. The zero-order chi connectivity index (χ0) is 20.1. The maximum atomic E-state index is 13.2. The van der Waals surface area contributed by atoms with Crippen LogP contribution in [0, 0.1) is 24.2 Å². The molecule has 1 amide bonds. The first-order valence-electron chi connectivity index (χ1n) is 8.49. The number of nitrogens with one attached hydrogen (secondary N) is 1. The summed E-state index contributed by atoms with van der Waals surface area (Å²) in [6.07, 6.45) is -3.60. The number of rotatable bonds is 4. The number of nitrogens with zero attached hydrogens (tertiary/aromatic N) is 4. The number of nitriles is 1. The van der Waals surface area contributed by atoms with E-state index >= 15 is 0 Å². The summed E-state index contributed by atoms with van der Waals surface area (Å²) in [5, 5.41) is 18.9. The molecule has 0 bridgehead atoms. The Morgan fingerprint density at radius 1 is 1.39 bits per heavy atom. The van der Waals surface area contributed by atoms with Crippen molar-refractivity contribution in [1.82, 2.24) is 19.9 Å². The first kappa shape index (κ1) is 18.4. The number of amides is 1. The van der Waals surface area contributed by atoms with Crippen LogP contribution in [0.25, 0.3) is 16.9 Å². The molecule has 1 atom stereocenters. The Labute approximate surface area is 161 Å². The number of fused-ring (bicyclic) bond motifs is 1. The van der Waals surface area contributed by atoms with Gasteiger partial charge in [-0.05, 0) is 31.7 Å². The summed E-state index contributed by atoms with van der Waals surface area (Å²) in [6, 6.07) is 3.30. The second kappa shape index (κ2) is 6.60. The van der Waals surface area contributed by atoms with Crippen LogP contribution in [0.5, 0.6) is 0 Å². The highest BCUT2D eigenvalue weighted by atomic mass is 32.1. The van der Waals surface area contributed by atoms with E-state index in [1.807, 2.05) is 0 Å². The topological polar surface area (TPSA) is 83.1 Å². The minimum atomic E-state index is -4.50. The molecular formula is C18H14F3N5OS. The lowest BCUT2D eigenvalue weighted by Gasteiger charge is -2.20. The van der Waals surface area contributed by atoms with Crippen molar-refractivity contribution in [3.8, 4) is 17.3 Å². The molecule has 1 N–H and O–H groups in total. The van der Waals surface area contributed by atoms with Crippen molar-refractivity contribution in [1.29, 1.82) is 5.26 Å². The summed E-state index contributed by atoms with van der Waals surface area (Å²) in [5.41, 5.74) is 2.52. The van der Waals surface area contributed by atoms with Crippen LogP contribution >= 0.6 is 11.3 Å². The van der Waals surface area contributed by atoms with E-state index in [2.05, 4.69) is 21.5 Å². The average Bonchev–Trinajstić information content (AvgIpc) is 3.18. The summed E-state index contributed by atoms with van der Waals surface area (Å²) < 4.78 is 40.9. The molecular weight excluding hydrogens is 391 g/mol. The molecule has 0 saturated heterocycles. The van der Waals surface area contributed by atoms with Gasteiger partial charge in [0.25, 0.3) is 5.91 Å². The van der Waals surface area contributed by atoms with Crippen LogP contribution in [0.2, 0.25) is 0 Å². The van der Waals surface area contributed by atoms with Crippen LogP contribution in [0.1, 0.15) is 34.6 Å². The Hall–Kier alpha value is -2.93. The standard InChI is InChI=1S/C18H14F3N5OS/c1-9-4-13(12-8-28-7-11(12)6-22)23-15-5-14(25-26(9)15)17(27)24-16(10-2-3-10)18(19,20)21/h4-5,7-8,10,16H,2-3H2,1H3,(H,24,27). The normalized spacial score (nSPS) is 15.4. The van der Waals surface area contributed by atoms with Gasteiger partial charge >= 0.3 is 6.18 Å². The quantitative estimate of drug-likeness (QED) is 0.717. The molecule has 1 aliphatic rings. The van der Waals surface area contributed by atoms with E-state index in [1.165, 1.54) is 21.9 Å². The Kier molecular flexibility index (Phi) is 4.34. The van der Waals surface area contributed by atoms with Crippen LogP contribution in [0.4, 0.5) is 13.2 Å². The van der Waals surface area contributed by atoms with E-state index in [9.17, 15) is 23.2 Å². The molecule has 3 heterocycles. The Morgan fingerprint density at radius 3 is 2.79 bits per heavy atom. The van der Waals surface area contributed by atoms with Gasteiger partial charge in [-0.2, -0.15) is 34.9 Å². The molecule has 6 nitrogen and oxygen atoms in total. The first-order valence-corrected chi connectivity index (χ1v) is 9.44. The fourth-order valence-electron chi connectivity index (χ4n) is 3.07. The Balaban J connectivity index is 1.67. The summed E-state index contributed by atoms with van der Waals surface area (Å²) in [7, 11) is 0. The van der Waals surface area contributed by atoms with Gasteiger partial charge in [-0.15, -0.1) is 0 Å². The van der Waals surface area contributed by atoms with E-state index < -0.39 is 24.0 Å². The predicted molar refractivity (Wildman–Crippen MR) is 95.8 cm³/mol. The second-order valence-electron chi connectivity index (χ2n) is 6.72. The van der Waals surface area contributed by atoms with Gasteiger partial charge in [-0.25, -0.2) is 9.50 Å². The van der Waals surface area contributed by atoms with Crippen LogP contribution in [-0.2, 0) is 0 Å². The molecule has 1 unspecified atom stereocenters. The molecule has 3 aromatic heterocycles. The highest BCUT2D eigenvalue weighted by molar-refractivity contribution is 7.08. The van der Waals surface area contributed by atoms with E-state index in [4.69, 9.17) is 0 Å². The first-order chi connectivity index (χ1) is 13.3. The number of alkyl halides is 3. The third kappa shape index (κ3) is 3.33. The van der Waals surface area contributed by atoms with Gasteiger partial charge in [0.15, 0.2) is 11.3 Å². The summed E-state index contributed by atoms with van der Waals surface area (Å²) in [6.45, 7) is 1.74. The van der Waals surface area contributed by atoms with Crippen molar-refractivity contribution in [3.63, 3.8) is 0 Å². The van der Waals surface area contributed by atoms with Crippen molar-refractivity contribution in [2.45, 2.75) is 32.0 Å². The van der Waals surface area contributed by atoms with Crippen molar-refractivity contribution >= 4 is 22.9 Å². The zero-order valence-corrected chi connectivity index (χ0v) is 15.4. The number of hydrogen-bond donors (Lipinski definition) is 1. The molecule has 1 aliphatic carbocycles. The van der Waals surface area contributed by atoms with E-state index in [1.54, 1.807) is 23.8 Å². The zero-order valence-electron chi connectivity index (χ0n) is 14.6. The fourth-order valence-corrected chi connectivity index (χ4v) is 3.84. The number of thiophene rings is 1. The lowest BCUT2D eigenvalue weighted by Crippen LogP contribution is -2.47. The van der Waals surface area contributed by atoms with Gasteiger partial charge < -0.3 is 5.32 Å². The molecule has 10 heteroatoms. The number of carbonyl (C=O) groups excluding carboxylic acids is 1. The Bertz CT molecular complexity index is 1110. The lowest BCUT2D eigenvalue weighted by atomic mass is 10.1. The maximum Gasteiger partial charge on any atom is 0.408 e. The molecule has 1 fully saturated rings. The van der Waals surface area contributed by atoms with Crippen LogP contribution in [-0.4, -0.2) is 32.7 Å². The molecule has 4 rings (SSSR count). The van der Waals surface area contributed by atoms with Gasteiger partial charge in [0, 0.05) is 28.1 Å². The summed E-state index contributed by atoms with van der Waals surface area (Å²) in [5.74, 6) is -1.45. The molecule has 0 spiro atoms. The van der Waals surface area contributed by atoms with Crippen LogP contribution in [0.3, 0.4) is 0 Å². The number of carbonyl (C=O) groups is 1. The minimum Gasteiger partial charge on any atom is -0.339 e. The van der Waals surface area contributed by atoms with E-state index in [-0.39, 0.29) is 5.69 Å². The highest BCUT2D eigenvalue weighted by Gasteiger charge is 2.49. The highest BCUT2D eigenvalue weighted by Crippen LogP contribution is 2.40. The number of halogens is 3. The third-order valence-electron chi connectivity index (χ3n) is 4.63. The monoisotopic (exact) mass is 405 g/mol. The molecule has 3 aromatic rings. The smallest absolute Gasteiger partial charge is 0.339 e. The molecule has 28 heavy (non-hydrogen) atoms. The van der Waals surface area contributed by atoms with E-state index in [0.29, 0.717) is 41.0 Å². The van der Waals surface area contributed by atoms with Crippen LogP contribution < -0.4 is 5.32 Å². The SMILES string of the molecule is Cc1cc(-c2cscc2C#N)nc2cc(C(=O)NC(C3CC3)C(F)(F)F)nn12.